The lowest BCUT2D eigenvalue weighted by molar-refractivity contribution is 0.115. The molecule has 0 bridgehead atoms. The Balaban J connectivity index is 1.26. The summed E-state index contributed by atoms with van der Waals surface area (Å²) in [5.41, 5.74) is 1.49. The zero-order chi connectivity index (χ0) is 20.2. The zero-order valence-corrected chi connectivity index (χ0v) is 16.9. The number of hydrogen-bond donors (Lipinski definition) is 1. The van der Waals surface area contributed by atoms with Crippen molar-refractivity contribution in [2.45, 2.75) is 31.7 Å². The predicted octanol–water partition coefficient (Wildman–Crippen LogP) is 4.60. The van der Waals surface area contributed by atoms with E-state index in [4.69, 9.17) is 0 Å². The molecule has 2 amide bonds. The molecule has 0 saturated carbocycles. The van der Waals surface area contributed by atoms with Gasteiger partial charge in [-0.25, -0.2) is 18.6 Å². The van der Waals surface area contributed by atoms with Crippen molar-refractivity contribution in [3.8, 4) is 0 Å². The Bertz CT molecular complexity index is 869. The van der Waals surface area contributed by atoms with Crippen molar-refractivity contribution < 1.29 is 13.6 Å². The number of aromatic nitrogens is 1. The SMILES string of the molecule is O=C(Nc1nccs1)N1CCC(N2CCC(=Cc3cc(F)ccc3F)CC2)CC1. The first-order valence-corrected chi connectivity index (χ1v) is 10.8. The normalized spacial score (nSPS) is 18.7. The van der Waals surface area contributed by atoms with Gasteiger partial charge in [0.25, 0.3) is 0 Å². The highest BCUT2D eigenvalue weighted by Gasteiger charge is 2.28. The number of benzene rings is 1. The number of nitrogens with one attached hydrogen (secondary N) is 1. The molecule has 2 saturated heterocycles. The Labute approximate surface area is 173 Å². The van der Waals surface area contributed by atoms with E-state index in [0.29, 0.717) is 16.7 Å². The van der Waals surface area contributed by atoms with E-state index in [9.17, 15) is 13.6 Å². The summed E-state index contributed by atoms with van der Waals surface area (Å²) >= 11 is 1.41. The topological polar surface area (TPSA) is 48.5 Å². The lowest BCUT2D eigenvalue weighted by Gasteiger charge is -2.40. The molecule has 8 heteroatoms. The van der Waals surface area contributed by atoms with Gasteiger partial charge < -0.3 is 4.90 Å². The molecule has 0 radical (unpaired) electrons. The Morgan fingerprint density at radius 1 is 1.17 bits per heavy atom. The molecule has 1 N–H and O–H groups in total. The van der Waals surface area contributed by atoms with Crippen LogP contribution in [0.5, 0.6) is 0 Å². The lowest BCUT2D eigenvalue weighted by Crippen LogP contribution is -2.49. The van der Waals surface area contributed by atoms with Gasteiger partial charge in [-0.1, -0.05) is 11.6 Å². The van der Waals surface area contributed by atoms with Crippen molar-refractivity contribution in [3.63, 3.8) is 0 Å². The van der Waals surface area contributed by atoms with Crippen LogP contribution in [-0.4, -0.2) is 53.0 Å². The molecule has 3 heterocycles. The second-order valence-corrected chi connectivity index (χ2v) is 8.38. The van der Waals surface area contributed by atoms with Gasteiger partial charge in [0, 0.05) is 49.4 Å². The fraction of sp³-hybridized carbons (Fsp3) is 0.429. The molecule has 0 atom stereocenters. The van der Waals surface area contributed by atoms with Crippen LogP contribution in [0.3, 0.4) is 0 Å². The Morgan fingerprint density at radius 3 is 2.62 bits per heavy atom. The summed E-state index contributed by atoms with van der Waals surface area (Å²) in [6, 6.07) is 3.95. The van der Waals surface area contributed by atoms with Gasteiger partial charge in [-0.15, -0.1) is 11.3 Å². The Hall–Kier alpha value is -2.32. The third kappa shape index (κ3) is 5.00. The maximum absolute atomic E-state index is 13.9. The van der Waals surface area contributed by atoms with Crippen LogP contribution in [0, 0.1) is 11.6 Å². The summed E-state index contributed by atoms with van der Waals surface area (Å²) in [6.45, 7) is 3.29. The number of nitrogens with zero attached hydrogens (tertiary/aromatic N) is 3. The van der Waals surface area contributed by atoms with Crippen LogP contribution in [0.4, 0.5) is 18.7 Å². The third-order valence-corrected chi connectivity index (χ3v) is 6.36. The number of halogens is 2. The average molecular weight is 419 g/mol. The molecule has 5 nitrogen and oxygen atoms in total. The van der Waals surface area contributed by atoms with Crippen LogP contribution in [0.1, 0.15) is 31.2 Å². The van der Waals surface area contributed by atoms with E-state index in [-0.39, 0.29) is 11.8 Å². The highest BCUT2D eigenvalue weighted by molar-refractivity contribution is 7.13. The van der Waals surface area contributed by atoms with Crippen molar-refractivity contribution in [2.75, 3.05) is 31.5 Å². The van der Waals surface area contributed by atoms with E-state index in [1.807, 2.05) is 10.3 Å². The number of likely N-dealkylation sites (tertiary alicyclic amines) is 2. The van der Waals surface area contributed by atoms with Crippen LogP contribution >= 0.6 is 11.3 Å². The summed E-state index contributed by atoms with van der Waals surface area (Å²) in [5.74, 6) is -0.800. The monoisotopic (exact) mass is 418 g/mol. The first kappa shape index (κ1) is 20.0. The van der Waals surface area contributed by atoms with Crippen molar-refractivity contribution in [2.24, 2.45) is 0 Å². The zero-order valence-electron chi connectivity index (χ0n) is 16.1. The maximum atomic E-state index is 13.9. The minimum Gasteiger partial charge on any atom is -0.324 e. The second kappa shape index (κ2) is 9.00. The highest BCUT2D eigenvalue weighted by Crippen LogP contribution is 2.26. The van der Waals surface area contributed by atoms with Crippen molar-refractivity contribution in [3.05, 3.63) is 52.5 Å². The van der Waals surface area contributed by atoms with E-state index >= 15 is 0 Å². The van der Waals surface area contributed by atoms with E-state index in [2.05, 4.69) is 15.2 Å². The summed E-state index contributed by atoms with van der Waals surface area (Å²) in [4.78, 5) is 20.7. The highest BCUT2D eigenvalue weighted by atomic mass is 32.1. The van der Waals surface area contributed by atoms with Gasteiger partial charge in [0.15, 0.2) is 5.13 Å². The molecule has 2 aliphatic heterocycles. The van der Waals surface area contributed by atoms with Gasteiger partial charge in [0.05, 0.1) is 0 Å². The molecular weight excluding hydrogens is 394 g/mol. The number of carbonyl (C=O) groups is 1. The number of anilines is 1. The summed E-state index contributed by atoms with van der Waals surface area (Å²) in [7, 11) is 0. The van der Waals surface area contributed by atoms with E-state index in [1.54, 1.807) is 12.3 Å². The number of rotatable bonds is 3. The van der Waals surface area contributed by atoms with Gasteiger partial charge in [-0.05, 0) is 43.9 Å². The largest absolute Gasteiger partial charge is 0.324 e. The molecular formula is C21H24F2N4OS. The number of hydrogen-bond acceptors (Lipinski definition) is 4. The van der Waals surface area contributed by atoms with Gasteiger partial charge in [0.2, 0.25) is 0 Å². The first-order chi connectivity index (χ1) is 14.1. The molecule has 1 aromatic heterocycles. The minimum atomic E-state index is -0.415. The molecule has 29 heavy (non-hydrogen) atoms. The molecule has 0 unspecified atom stereocenters. The molecule has 2 fully saturated rings. The van der Waals surface area contributed by atoms with E-state index in [0.717, 1.165) is 63.5 Å². The van der Waals surface area contributed by atoms with E-state index in [1.165, 1.54) is 23.5 Å². The number of amides is 2. The van der Waals surface area contributed by atoms with Crippen LogP contribution in [0.25, 0.3) is 6.08 Å². The molecule has 2 aliphatic rings. The Morgan fingerprint density at radius 2 is 1.93 bits per heavy atom. The molecule has 0 spiro atoms. The molecule has 2 aromatic rings. The minimum absolute atomic E-state index is 0.0839. The number of urea groups is 1. The van der Waals surface area contributed by atoms with Crippen molar-refractivity contribution in [1.82, 2.24) is 14.8 Å². The van der Waals surface area contributed by atoms with Crippen molar-refractivity contribution in [1.29, 1.82) is 0 Å². The number of thiazole rings is 1. The Kier molecular flexibility index (Phi) is 6.20. The quantitative estimate of drug-likeness (QED) is 0.793. The van der Waals surface area contributed by atoms with Gasteiger partial charge in [0.1, 0.15) is 11.6 Å². The predicted molar refractivity (Wildman–Crippen MR) is 111 cm³/mol. The summed E-state index contributed by atoms with van der Waals surface area (Å²) in [6.07, 6.45) is 7.09. The lowest BCUT2D eigenvalue weighted by atomic mass is 9.96. The maximum Gasteiger partial charge on any atom is 0.323 e. The fourth-order valence-electron chi connectivity index (χ4n) is 4.06. The van der Waals surface area contributed by atoms with Crippen LogP contribution in [0.15, 0.2) is 35.3 Å². The summed E-state index contributed by atoms with van der Waals surface area (Å²) in [5, 5.41) is 5.30. The molecule has 1 aromatic carbocycles. The number of carbonyl (C=O) groups excluding carboxylic acids is 1. The molecule has 154 valence electrons. The number of piperidine rings is 2. The van der Waals surface area contributed by atoms with Crippen molar-refractivity contribution >= 4 is 28.6 Å². The van der Waals surface area contributed by atoms with Gasteiger partial charge in [-0.2, -0.15) is 0 Å². The summed E-state index contributed by atoms with van der Waals surface area (Å²) < 4.78 is 27.2. The fourth-order valence-corrected chi connectivity index (χ4v) is 4.57. The van der Waals surface area contributed by atoms with Gasteiger partial charge in [-0.3, -0.25) is 10.2 Å². The smallest absolute Gasteiger partial charge is 0.323 e. The van der Waals surface area contributed by atoms with Crippen LogP contribution < -0.4 is 5.32 Å². The molecule has 4 rings (SSSR count). The average Bonchev–Trinajstić information content (AvgIpc) is 3.24. The second-order valence-electron chi connectivity index (χ2n) is 7.49. The third-order valence-electron chi connectivity index (χ3n) is 5.67. The van der Waals surface area contributed by atoms with Gasteiger partial charge >= 0.3 is 6.03 Å². The van der Waals surface area contributed by atoms with Crippen LogP contribution in [-0.2, 0) is 0 Å². The standard InChI is InChI=1S/C21H24F2N4OS/c22-17-1-2-19(23)16(14-17)13-15-3-8-26(9-4-15)18-5-10-27(11-6-18)21(28)25-20-24-7-12-29-20/h1-2,7,12-14,18H,3-6,8-11H2,(H,24,25,28). The van der Waals surface area contributed by atoms with E-state index < -0.39 is 5.82 Å². The molecule has 0 aliphatic carbocycles. The first-order valence-electron chi connectivity index (χ1n) is 9.92. The van der Waals surface area contributed by atoms with Crippen LogP contribution in [0.2, 0.25) is 0 Å².